The summed E-state index contributed by atoms with van der Waals surface area (Å²) in [4.78, 5) is 0. The predicted molar refractivity (Wildman–Crippen MR) is 51.6 cm³/mol. The third kappa shape index (κ3) is 3.88. The van der Waals surface area contributed by atoms with Gasteiger partial charge in [-0.1, -0.05) is 6.42 Å². The van der Waals surface area contributed by atoms with Crippen molar-refractivity contribution in [1.82, 2.24) is 5.32 Å². The summed E-state index contributed by atoms with van der Waals surface area (Å²) in [5.74, 6) is 0.732. The van der Waals surface area contributed by atoms with Crippen molar-refractivity contribution >= 4 is 0 Å². The summed E-state index contributed by atoms with van der Waals surface area (Å²) in [5.41, 5.74) is 0. The maximum Gasteiger partial charge on any atom is 0.261 e. The van der Waals surface area contributed by atoms with Gasteiger partial charge in [-0.05, 0) is 32.2 Å². The Bertz CT molecular complexity index is 151. The van der Waals surface area contributed by atoms with Crippen LogP contribution in [0.4, 0.5) is 8.78 Å². The van der Waals surface area contributed by atoms with Crippen molar-refractivity contribution in [2.45, 2.75) is 38.2 Å². The predicted octanol–water partition coefficient (Wildman–Crippen LogP) is 2.05. The molecule has 1 aliphatic carbocycles. The zero-order valence-corrected chi connectivity index (χ0v) is 8.64. The summed E-state index contributed by atoms with van der Waals surface area (Å²) in [6, 6.07) is 0.446. The highest BCUT2D eigenvalue weighted by molar-refractivity contribution is 4.81. The highest BCUT2D eigenvalue weighted by Gasteiger charge is 2.25. The van der Waals surface area contributed by atoms with E-state index < -0.39 is 13.0 Å². The molecule has 0 heterocycles. The standard InChI is InChI=1S/C10H19F2NO/c1-13-9(8-3-2-4-8)5-6-14-7-10(11)12/h8-10,13H,2-7H2,1H3. The summed E-state index contributed by atoms with van der Waals surface area (Å²) in [6.07, 6.45) is 2.33. The lowest BCUT2D eigenvalue weighted by molar-refractivity contribution is 0.0115. The number of hydrogen-bond donors (Lipinski definition) is 1. The minimum atomic E-state index is -2.34. The maximum atomic E-state index is 11.7. The van der Waals surface area contributed by atoms with Crippen LogP contribution >= 0.6 is 0 Å². The van der Waals surface area contributed by atoms with Crippen molar-refractivity contribution < 1.29 is 13.5 Å². The molecule has 0 aromatic rings. The molecule has 14 heavy (non-hydrogen) atoms. The maximum absolute atomic E-state index is 11.7. The van der Waals surface area contributed by atoms with Gasteiger partial charge in [-0.25, -0.2) is 8.78 Å². The Morgan fingerprint density at radius 3 is 2.57 bits per heavy atom. The molecule has 0 saturated heterocycles. The van der Waals surface area contributed by atoms with E-state index in [2.05, 4.69) is 5.32 Å². The van der Waals surface area contributed by atoms with E-state index in [1.54, 1.807) is 0 Å². The fourth-order valence-electron chi connectivity index (χ4n) is 1.84. The topological polar surface area (TPSA) is 21.3 Å². The third-order valence-corrected chi connectivity index (χ3v) is 2.91. The molecule has 0 spiro atoms. The molecule has 1 unspecified atom stereocenters. The number of ether oxygens (including phenoxy) is 1. The first-order valence-corrected chi connectivity index (χ1v) is 5.27. The lowest BCUT2D eigenvalue weighted by atomic mass is 9.79. The van der Waals surface area contributed by atoms with E-state index in [4.69, 9.17) is 4.74 Å². The highest BCUT2D eigenvalue weighted by atomic mass is 19.3. The fraction of sp³-hybridized carbons (Fsp3) is 1.00. The van der Waals surface area contributed by atoms with Crippen molar-refractivity contribution in [2.75, 3.05) is 20.3 Å². The van der Waals surface area contributed by atoms with E-state index >= 15 is 0 Å². The molecule has 4 heteroatoms. The minimum Gasteiger partial charge on any atom is -0.375 e. The smallest absolute Gasteiger partial charge is 0.261 e. The third-order valence-electron chi connectivity index (χ3n) is 2.91. The van der Waals surface area contributed by atoms with Crippen LogP contribution in [0.3, 0.4) is 0 Å². The Labute approximate surface area is 84.0 Å². The fourth-order valence-corrected chi connectivity index (χ4v) is 1.84. The van der Waals surface area contributed by atoms with Crippen molar-refractivity contribution in [3.63, 3.8) is 0 Å². The van der Waals surface area contributed by atoms with Gasteiger partial charge in [-0.3, -0.25) is 0 Å². The molecule has 1 saturated carbocycles. The molecule has 1 N–H and O–H groups in total. The molecular weight excluding hydrogens is 188 g/mol. The van der Waals surface area contributed by atoms with Gasteiger partial charge in [0.2, 0.25) is 0 Å². The summed E-state index contributed by atoms with van der Waals surface area (Å²) in [5, 5.41) is 3.22. The summed E-state index contributed by atoms with van der Waals surface area (Å²) in [6.45, 7) is 0.00739. The van der Waals surface area contributed by atoms with Crippen LogP contribution in [0, 0.1) is 5.92 Å². The molecule has 0 radical (unpaired) electrons. The van der Waals surface area contributed by atoms with Crippen LogP contribution < -0.4 is 5.32 Å². The first-order valence-electron chi connectivity index (χ1n) is 5.27. The average Bonchev–Trinajstić information content (AvgIpc) is 2.06. The first-order chi connectivity index (χ1) is 6.74. The van der Waals surface area contributed by atoms with Crippen LogP contribution in [0.1, 0.15) is 25.7 Å². The molecule has 0 aromatic carbocycles. The Morgan fingerprint density at radius 1 is 1.43 bits per heavy atom. The average molecular weight is 207 g/mol. The lowest BCUT2D eigenvalue weighted by Crippen LogP contribution is -2.38. The second kappa shape index (κ2) is 6.30. The summed E-state index contributed by atoms with van der Waals surface area (Å²) < 4.78 is 28.3. The van der Waals surface area contributed by atoms with Gasteiger partial charge in [0.1, 0.15) is 6.61 Å². The largest absolute Gasteiger partial charge is 0.375 e. The van der Waals surface area contributed by atoms with E-state index in [1.165, 1.54) is 19.3 Å². The van der Waals surface area contributed by atoms with Crippen LogP contribution in [0.5, 0.6) is 0 Å². The van der Waals surface area contributed by atoms with E-state index in [0.717, 1.165) is 12.3 Å². The van der Waals surface area contributed by atoms with E-state index in [9.17, 15) is 8.78 Å². The zero-order valence-electron chi connectivity index (χ0n) is 8.64. The van der Waals surface area contributed by atoms with Gasteiger partial charge >= 0.3 is 0 Å². The molecule has 1 atom stereocenters. The van der Waals surface area contributed by atoms with Gasteiger partial charge in [-0.2, -0.15) is 0 Å². The second-order valence-electron chi connectivity index (χ2n) is 3.84. The highest BCUT2D eigenvalue weighted by Crippen LogP contribution is 2.30. The first kappa shape index (κ1) is 11.9. The molecule has 1 aliphatic rings. The Hall–Kier alpha value is -0.220. The van der Waals surface area contributed by atoms with Gasteiger partial charge in [-0.15, -0.1) is 0 Å². The Morgan fingerprint density at radius 2 is 2.14 bits per heavy atom. The van der Waals surface area contributed by atoms with E-state index in [1.807, 2.05) is 7.05 Å². The van der Waals surface area contributed by atoms with E-state index in [0.29, 0.717) is 12.6 Å². The van der Waals surface area contributed by atoms with Gasteiger partial charge in [0, 0.05) is 12.6 Å². The molecule has 0 amide bonds. The van der Waals surface area contributed by atoms with Crippen LogP contribution in [0.2, 0.25) is 0 Å². The van der Waals surface area contributed by atoms with Crippen LogP contribution in [0.25, 0.3) is 0 Å². The quantitative estimate of drug-likeness (QED) is 0.645. The van der Waals surface area contributed by atoms with Crippen LogP contribution in [0.15, 0.2) is 0 Å². The molecule has 84 valence electrons. The number of halogens is 2. The van der Waals surface area contributed by atoms with Crippen molar-refractivity contribution in [3.8, 4) is 0 Å². The Kier molecular flexibility index (Phi) is 5.33. The van der Waals surface area contributed by atoms with Gasteiger partial charge in [0.05, 0.1) is 0 Å². The second-order valence-corrected chi connectivity index (χ2v) is 3.84. The molecule has 2 nitrogen and oxygen atoms in total. The minimum absolute atomic E-state index is 0.429. The van der Waals surface area contributed by atoms with Crippen molar-refractivity contribution in [3.05, 3.63) is 0 Å². The monoisotopic (exact) mass is 207 g/mol. The molecule has 0 aromatic heterocycles. The summed E-state index contributed by atoms with van der Waals surface area (Å²) in [7, 11) is 1.93. The molecule has 0 aliphatic heterocycles. The molecule has 1 fully saturated rings. The van der Waals surface area contributed by atoms with E-state index in [-0.39, 0.29) is 0 Å². The van der Waals surface area contributed by atoms with Gasteiger partial charge < -0.3 is 10.1 Å². The molecular formula is C10H19F2NO. The molecule has 0 bridgehead atoms. The Balaban J connectivity index is 2.02. The van der Waals surface area contributed by atoms with Gasteiger partial charge in [0.15, 0.2) is 0 Å². The van der Waals surface area contributed by atoms with Gasteiger partial charge in [0.25, 0.3) is 6.43 Å². The van der Waals surface area contributed by atoms with Crippen molar-refractivity contribution in [1.29, 1.82) is 0 Å². The normalized spacial score (nSPS) is 19.7. The lowest BCUT2D eigenvalue weighted by Gasteiger charge is -2.33. The number of nitrogens with one attached hydrogen (secondary N) is 1. The van der Waals surface area contributed by atoms with Crippen molar-refractivity contribution in [2.24, 2.45) is 5.92 Å². The summed E-state index contributed by atoms with van der Waals surface area (Å²) >= 11 is 0. The van der Waals surface area contributed by atoms with Crippen LogP contribution in [-0.2, 0) is 4.74 Å². The molecule has 1 rings (SSSR count). The number of alkyl halides is 2. The SMILES string of the molecule is CNC(CCOCC(F)F)C1CCC1. The van der Waals surface area contributed by atoms with Crippen LogP contribution in [-0.4, -0.2) is 32.7 Å². The number of hydrogen-bond acceptors (Lipinski definition) is 2. The zero-order chi connectivity index (χ0) is 10.4. The number of rotatable bonds is 7.